The van der Waals surface area contributed by atoms with Crippen molar-refractivity contribution in [3.8, 4) is 11.8 Å². The normalized spacial score (nSPS) is 15.7. The summed E-state index contributed by atoms with van der Waals surface area (Å²) in [5, 5.41) is 9.64. The molecule has 0 spiro atoms. The second kappa shape index (κ2) is 3.68. The van der Waals surface area contributed by atoms with E-state index in [0.29, 0.717) is 23.2 Å². The van der Waals surface area contributed by atoms with Crippen LogP contribution in [-0.4, -0.2) is 21.2 Å². The molecule has 0 radical (unpaired) electrons. The van der Waals surface area contributed by atoms with Crippen molar-refractivity contribution in [2.75, 3.05) is 0 Å². The second-order valence-corrected chi connectivity index (χ2v) is 4.28. The van der Waals surface area contributed by atoms with Crippen molar-refractivity contribution in [1.82, 2.24) is 9.97 Å². The predicted molar refractivity (Wildman–Crippen MR) is 56.2 cm³/mol. The van der Waals surface area contributed by atoms with E-state index in [-0.39, 0.29) is 12.0 Å². The lowest BCUT2D eigenvalue weighted by molar-refractivity contribution is 0.227. The molecule has 82 valence electrons. The summed E-state index contributed by atoms with van der Waals surface area (Å²) in [5.41, 5.74) is 0.619. The molecular formula is C11H16N2O2. The van der Waals surface area contributed by atoms with Crippen molar-refractivity contribution >= 4 is 0 Å². The summed E-state index contributed by atoms with van der Waals surface area (Å²) in [6.45, 7) is 5.65. The molecule has 1 aliphatic rings. The van der Waals surface area contributed by atoms with Crippen LogP contribution in [0.4, 0.5) is 0 Å². The standard InChI is InChI=1S/C11H16N2O2/c1-6(2)15-11-7(3)10(14)12-9(13-11)8-4-5-8/h6,8H,4-5H2,1-3H3,(H,12,13,14). The third-order valence-electron chi connectivity index (χ3n) is 2.38. The number of rotatable bonds is 3. The molecule has 1 aliphatic carbocycles. The highest BCUT2D eigenvalue weighted by Gasteiger charge is 2.28. The molecule has 1 aromatic heterocycles. The Labute approximate surface area is 89.3 Å². The molecular weight excluding hydrogens is 192 g/mol. The van der Waals surface area contributed by atoms with E-state index < -0.39 is 0 Å². The number of ether oxygens (including phenoxy) is 1. The predicted octanol–water partition coefficient (Wildman–Crippen LogP) is 2.16. The Balaban J connectivity index is 2.33. The van der Waals surface area contributed by atoms with Gasteiger partial charge in [0.05, 0.1) is 11.7 Å². The molecule has 0 bridgehead atoms. The maximum absolute atomic E-state index is 9.64. The Morgan fingerprint density at radius 2 is 2.00 bits per heavy atom. The van der Waals surface area contributed by atoms with Crippen molar-refractivity contribution < 1.29 is 9.84 Å². The van der Waals surface area contributed by atoms with E-state index in [4.69, 9.17) is 4.74 Å². The first-order chi connectivity index (χ1) is 7.08. The van der Waals surface area contributed by atoms with Crippen LogP contribution < -0.4 is 4.74 Å². The maximum Gasteiger partial charge on any atom is 0.223 e. The molecule has 0 amide bonds. The third-order valence-corrected chi connectivity index (χ3v) is 2.38. The van der Waals surface area contributed by atoms with E-state index >= 15 is 0 Å². The van der Waals surface area contributed by atoms with Crippen molar-refractivity contribution in [2.45, 2.75) is 45.6 Å². The minimum absolute atomic E-state index is 0.0440. The van der Waals surface area contributed by atoms with Crippen molar-refractivity contribution in [3.05, 3.63) is 11.4 Å². The summed E-state index contributed by atoms with van der Waals surface area (Å²) in [5.74, 6) is 1.70. The summed E-state index contributed by atoms with van der Waals surface area (Å²) < 4.78 is 5.53. The average molecular weight is 208 g/mol. The van der Waals surface area contributed by atoms with Gasteiger partial charge in [0.25, 0.3) is 0 Å². The molecule has 0 saturated heterocycles. The average Bonchev–Trinajstić information content (AvgIpc) is 2.94. The fourth-order valence-electron chi connectivity index (χ4n) is 1.36. The van der Waals surface area contributed by atoms with E-state index in [1.807, 2.05) is 13.8 Å². The highest BCUT2D eigenvalue weighted by atomic mass is 16.5. The number of nitrogens with zero attached hydrogens (tertiary/aromatic N) is 2. The zero-order valence-electron chi connectivity index (χ0n) is 9.32. The summed E-state index contributed by atoms with van der Waals surface area (Å²) in [6, 6.07) is 0. The van der Waals surface area contributed by atoms with Gasteiger partial charge in [-0.3, -0.25) is 0 Å². The summed E-state index contributed by atoms with van der Waals surface area (Å²) in [6.07, 6.45) is 2.29. The van der Waals surface area contributed by atoms with Crippen molar-refractivity contribution in [2.24, 2.45) is 0 Å². The molecule has 0 aromatic carbocycles. The van der Waals surface area contributed by atoms with Crippen LogP contribution in [0, 0.1) is 6.92 Å². The van der Waals surface area contributed by atoms with Crippen LogP contribution >= 0.6 is 0 Å². The van der Waals surface area contributed by atoms with E-state index in [2.05, 4.69) is 9.97 Å². The molecule has 2 rings (SSSR count). The van der Waals surface area contributed by atoms with Gasteiger partial charge in [0.2, 0.25) is 11.8 Å². The monoisotopic (exact) mass is 208 g/mol. The Morgan fingerprint density at radius 1 is 1.33 bits per heavy atom. The summed E-state index contributed by atoms with van der Waals surface area (Å²) in [4.78, 5) is 8.41. The van der Waals surface area contributed by atoms with Crippen LogP contribution in [0.5, 0.6) is 11.8 Å². The van der Waals surface area contributed by atoms with Gasteiger partial charge in [-0.25, -0.2) is 0 Å². The smallest absolute Gasteiger partial charge is 0.223 e. The molecule has 1 fully saturated rings. The largest absolute Gasteiger partial charge is 0.493 e. The lowest BCUT2D eigenvalue weighted by Gasteiger charge is -2.12. The Hall–Kier alpha value is -1.32. The number of hydrogen-bond donors (Lipinski definition) is 1. The molecule has 1 aromatic rings. The van der Waals surface area contributed by atoms with Gasteiger partial charge in [-0.1, -0.05) is 0 Å². The van der Waals surface area contributed by atoms with E-state index in [1.165, 1.54) is 0 Å². The highest BCUT2D eigenvalue weighted by molar-refractivity contribution is 5.34. The minimum atomic E-state index is 0.0440. The Bertz CT molecular complexity index is 373. The van der Waals surface area contributed by atoms with Gasteiger partial charge in [0.15, 0.2) is 0 Å². The Kier molecular flexibility index (Phi) is 2.50. The number of aromatic nitrogens is 2. The first-order valence-electron chi connectivity index (χ1n) is 5.32. The number of hydrogen-bond acceptors (Lipinski definition) is 4. The molecule has 1 saturated carbocycles. The van der Waals surface area contributed by atoms with Crippen molar-refractivity contribution in [1.29, 1.82) is 0 Å². The van der Waals surface area contributed by atoms with Crippen LogP contribution in [0.15, 0.2) is 0 Å². The first kappa shape index (κ1) is 10.2. The highest BCUT2D eigenvalue weighted by Crippen LogP contribution is 2.40. The zero-order valence-corrected chi connectivity index (χ0v) is 9.32. The van der Waals surface area contributed by atoms with Gasteiger partial charge in [-0.2, -0.15) is 9.97 Å². The second-order valence-electron chi connectivity index (χ2n) is 4.28. The van der Waals surface area contributed by atoms with Gasteiger partial charge in [-0.05, 0) is 33.6 Å². The van der Waals surface area contributed by atoms with Crippen LogP contribution in [0.25, 0.3) is 0 Å². The van der Waals surface area contributed by atoms with Gasteiger partial charge < -0.3 is 9.84 Å². The fraction of sp³-hybridized carbons (Fsp3) is 0.636. The topological polar surface area (TPSA) is 55.2 Å². The minimum Gasteiger partial charge on any atom is -0.493 e. The van der Waals surface area contributed by atoms with Crippen molar-refractivity contribution in [3.63, 3.8) is 0 Å². The van der Waals surface area contributed by atoms with Crippen LogP contribution in [0.1, 0.15) is 44.0 Å². The molecule has 1 N–H and O–H groups in total. The van der Waals surface area contributed by atoms with E-state index in [0.717, 1.165) is 12.8 Å². The fourth-order valence-corrected chi connectivity index (χ4v) is 1.36. The lowest BCUT2D eigenvalue weighted by atomic mass is 10.3. The van der Waals surface area contributed by atoms with Gasteiger partial charge in [0, 0.05) is 5.92 Å². The third kappa shape index (κ3) is 2.19. The molecule has 15 heavy (non-hydrogen) atoms. The molecule has 4 nitrogen and oxygen atoms in total. The Morgan fingerprint density at radius 3 is 2.53 bits per heavy atom. The van der Waals surface area contributed by atoms with E-state index in [1.54, 1.807) is 6.92 Å². The van der Waals surface area contributed by atoms with Gasteiger partial charge >= 0.3 is 0 Å². The van der Waals surface area contributed by atoms with Gasteiger partial charge in [-0.15, -0.1) is 0 Å². The summed E-state index contributed by atoms with van der Waals surface area (Å²) in [7, 11) is 0. The zero-order chi connectivity index (χ0) is 11.0. The number of aromatic hydroxyl groups is 1. The molecule has 0 unspecified atom stereocenters. The lowest BCUT2D eigenvalue weighted by Crippen LogP contribution is -2.10. The molecule has 4 heteroatoms. The van der Waals surface area contributed by atoms with Crippen LogP contribution in [0.3, 0.4) is 0 Å². The SMILES string of the molecule is Cc1c(O)nc(C2CC2)nc1OC(C)C. The molecule has 1 heterocycles. The quantitative estimate of drug-likeness (QED) is 0.827. The molecule has 0 aliphatic heterocycles. The van der Waals surface area contributed by atoms with Gasteiger partial charge in [0.1, 0.15) is 5.82 Å². The summed E-state index contributed by atoms with van der Waals surface area (Å²) >= 11 is 0. The molecule has 0 atom stereocenters. The van der Waals surface area contributed by atoms with Crippen LogP contribution in [0.2, 0.25) is 0 Å². The first-order valence-corrected chi connectivity index (χ1v) is 5.32. The van der Waals surface area contributed by atoms with E-state index in [9.17, 15) is 5.11 Å². The van der Waals surface area contributed by atoms with Crippen LogP contribution in [-0.2, 0) is 0 Å². The maximum atomic E-state index is 9.64.